The summed E-state index contributed by atoms with van der Waals surface area (Å²) < 4.78 is 0. The van der Waals surface area contributed by atoms with Crippen LogP contribution in [0.2, 0.25) is 0 Å². The summed E-state index contributed by atoms with van der Waals surface area (Å²) in [5.41, 5.74) is 0. The molecule has 1 aliphatic rings. The zero-order chi connectivity index (χ0) is 12.1. The van der Waals surface area contributed by atoms with Crippen molar-refractivity contribution in [2.75, 3.05) is 47.3 Å². The van der Waals surface area contributed by atoms with Gasteiger partial charge in [-0.2, -0.15) is 0 Å². The number of amides is 1. The first-order valence-corrected chi connectivity index (χ1v) is 6.11. The molecule has 4 heteroatoms. The van der Waals surface area contributed by atoms with Crippen LogP contribution in [0.5, 0.6) is 0 Å². The van der Waals surface area contributed by atoms with Gasteiger partial charge in [-0.15, -0.1) is 0 Å². The Morgan fingerprint density at radius 1 is 1.25 bits per heavy atom. The maximum atomic E-state index is 11.1. The minimum atomic E-state index is 0.150. The number of carbonyl (C=O) groups is 1. The van der Waals surface area contributed by atoms with Crippen LogP contribution in [-0.4, -0.2) is 74.0 Å². The third-order valence-corrected chi connectivity index (χ3v) is 3.64. The Kier molecular flexibility index (Phi) is 5.22. The fraction of sp³-hybridized carbons (Fsp3) is 0.917. The second-order valence-electron chi connectivity index (χ2n) is 4.96. The maximum Gasteiger partial charge on any atom is 0.219 e. The molecule has 1 aliphatic heterocycles. The zero-order valence-electron chi connectivity index (χ0n) is 11.1. The number of likely N-dealkylation sites (tertiary alicyclic amines) is 1. The molecule has 0 aromatic carbocycles. The summed E-state index contributed by atoms with van der Waals surface area (Å²) in [6.45, 7) is 5.81. The van der Waals surface area contributed by atoms with Crippen LogP contribution in [0.25, 0.3) is 0 Å². The zero-order valence-corrected chi connectivity index (χ0v) is 11.1. The molecule has 0 bridgehead atoms. The summed E-state index contributed by atoms with van der Waals surface area (Å²) in [7, 11) is 6.22. The molecule has 1 amide bonds. The smallest absolute Gasteiger partial charge is 0.219 e. The molecule has 0 N–H and O–H groups in total. The number of carbonyl (C=O) groups excluding carboxylic acids is 1. The van der Waals surface area contributed by atoms with Gasteiger partial charge in [-0.25, -0.2) is 0 Å². The van der Waals surface area contributed by atoms with E-state index in [-0.39, 0.29) is 5.91 Å². The minimum absolute atomic E-state index is 0.150. The van der Waals surface area contributed by atoms with Crippen molar-refractivity contribution >= 4 is 5.91 Å². The van der Waals surface area contributed by atoms with Gasteiger partial charge in [0.05, 0.1) is 0 Å². The molecule has 0 saturated carbocycles. The highest BCUT2D eigenvalue weighted by atomic mass is 16.2. The number of likely N-dealkylation sites (N-methyl/N-ethyl adjacent to an activating group) is 2. The average molecular weight is 227 g/mol. The van der Waals surface area contributed by atoms with Gasteiger partial charge < -0.3 is 14.7 Å². The second-order valence-corrected chi connectivity index (χ2v) is 4.96. The quantitative estimate of drug-likeness (QED) is 0.699. The Morgan fingerprint density at radius 2 is 1.81 bits per heavy atom. The van der Waals surface area contributed by atoms with Crippen LogP contribution in [0.4, 0.5) is 0 Å². The first-order valence-electron chi connectivity index (χ1n) is 6.11. The van der Waals surface area contributed by atoms with Crippen LogP contribution >= 0.6 is 0 Å². The van der Waals surface area contributed by atoms with E-state index in [1.807, 2.05) is 7.05 Å². The lowest BCUT2D eigenvalue weighted by molar-refractivity contribution is -0.127. The fourth-order valence-electron chi connectivity index (χ4n) is 2.08. The Hall–Kier alpha value is -0.610. The Labute approximate surface area is 99.2 Å². The third-order valence-electron chi connectivity index (χ3n) is 3.64. The molecular formula is C12H25N3O. The Bertz CT molecular complexity index is 224. The second kappa shape index (κ2) is 6.21. The Balaban J connectivity index is 2.24. The number of hydrogen-bond acceptors (Lipinski definition) is 3. The lowest BCUT2D eigenvalue weighted by Gasteiger charge is -2.35. The molecule has 16 heavy (non-hydrogen) atoms. The summed E-state index contributed by atoms with van der Waals surface area (Å²) in [6, 6.07) is 0.691. The number of hydrogen-bond donors (Lipinski definition) is 0. The average Bonchev–Trinajstić information content (AvgIpc) is 2.26. The van der Waals surface area contributed by atoms with Crippen LogP contribution < -0.4 is 0 Å². The van der Waals surface area contributed by atoms with E-state index < -0.39 is 0 Å². The largest absolute Gasteiger partial charge is 0.345 e. The molecule has 94 valence electrons. The molecule has 0 aliphatic carbocycles. The molecule has 0 aromatic heterocycles. The highest BCUT2D eigenvalue weighted by Gasteiger charge is 2.20. The van der Waals surface area contributed by atoms with Crippen LogP contribution in [0, 0.1) is 0 Å². The van der Waals surface area contributed by atoms with Crippen molar-refractivity contribution in [3.05, 3.63) is 0 Å². The van der Waals surface area contributed by atoms with Gasteiger partial charge in [0, 0.05) is 33.1 Å². The van der Waals surface area contributed by atoms with E-state index in [9.17, 15) is 4.79 Å². The Morgan fingerprint density at radius 3 is 2.31 bits per heavy atom. The van der Waals surface area contributed by atoms with E-state index in [0.29, 0.717) is 6.04 Å². The molecule has 0 atom stereocenters. The number of rotatable bonds is 4. The van der Waals surface area contributed by atoms with Gasteiger partial charge in [0.15, 0.2) is 0 Å². The monoisotopic (exact) mass is 227 g/mol. The van der Waals surface area contributed by atoms with Crippen molar-refractivity contribution in [3.8, 4) is 0 Å². The fourth-order valence-corrected chi connectivity index (χ4v) is 2.08. The predicted molar refractivity (Wildman–Crippen MR) is 66.5 cm³/mol. The van der Waals surface area contributed by atoms with Crippen LogP contribution in [-0.2, 0) is 4.79 Å². The summed E-state index contributed by atoms with van der Waals surface area (Å²) in [4.78, 5) is 17.6. The molecule has 1 saturated heterocycles. The summed E-state index contributed by atoms with van der Waals surface area (Å²) in [6.07, 6.45) is 2.49. The van der Waals surface area contributed by atoms with Crippen LogP contribution in [0.15, 0.2) is 0 Å². The SMILES string of the molecule is CC(=O)N(C)CCN(C)C1CCN(C)CC1. The normalized spacial score (nSPS) is 19.1. The molecule has 1 fully saturated rings. The van der Waals surface area contributed by atoms with Crippen molar-refractivity contribution in [3.63, 3.8) is 0 Å². The van der Waals surface area contributed by atoms with Gasteiger partial charge in [0.1, 0.15) is 0 Å². The molecule has 0 aromatic rings. The standard InChI is InChI=1S/C12H25N3O/c1-11(16)14(3)9-10-15(4)12-5-7-13(2)8-6-12/h12H,5-10H2,1-4H3. The van der Waals surface area contributed by atoms with Gasteiger partial charge in [0.2, 0.25) is 5.91 Å². The van der Waals surface area contributed by atoms with E-state index in [2.05, 4.69) is 23.9 Å². The van der Waals surface area contributed by atoms with Gasteiger partial charge in [-0.3, -0.25) is 4.79 Å². The van der Waals surface area contributed by atoms with Gasteiger partial charge in [-0.05, 0) is 40.0 Å². The lowest BCUT2D eigenvalue weighted by atomic mass is 10.0. The summed E-state index contributed by atoms with van der Waals surface area (Å²) in [5, 5.41) is 0. The highest BCUT2D eigenvalue weighted by molar-refractivity contribution is 5.72. The third kappa shape index (κ3) is 4.10. The van der Waals surface area contributed by atoms with E-state index in [4.69, 9.17) is 0 Å². The summed E-state index contributed by atoms with van der Waals surface area (Å²) in [5.74, 6) is 0.150. The molecular weight excluding hydrogens is 202 g/mol. The van der Waals surface area contributed by atoms with Crippen molar-refractivity contribution in [1.29, 1.82) is 0 Å². The van der Waals surface area contributed by atoms with Gasteiger partial charge in [-0.1, -0.05) is 0 Å². The molecule has 0 radical (unpaired) electrons. The lowest BCUT2D eigenvalue weighted by Crippen LogP contribution is -2.44. The first-order chi connectivity index (χ1) is 7.50. The highest BCUT2D eigenvalue weighted by Crippen LogP contribution is 2.13. The van der Waals surface area contributed by atoms with Crippen molar-refractivity contribution < 1.29 is 4.79 Å². The first kappa shape index (κ1) is 13.5. The van der Waals surface area contributed by atoms with Crippen molar-refractivity contribution in [2.45, 2.75) is 25.8 Å². The van der Waals surface area contributed by atoms with Crippen molar-refractivity contribution in [1.82, 2.24) is 14.7 Å². The minimum Gasteiger partial charge on any atom is -0.345 e. The number of piperidine rings is 1. The van der Waals surface area contributed by atoms with Crippen molar-refractivity contribution in [2.24, 2.45) is 0 Å². The molecule has 0 spiro atoms. The molecule has 4 nitrogen and oxygen atoms in total. The van der Waals surface area contributed by atoms with Gasteiger partial charge >= 0.3 is 0 Å². The van der Waals surface area contributed by atoms with Gasteiger partial charge in [0.25, 0.3) is 0 Å². The van der Waals surface area contributed by atoms with E-state index in [1.54, 1.807) is 11.8 Å². The molecule has 1 rings (SSSR count). The maximum absolute atomic E-state index is 11.1. The van der Waals surface area contributed by atoms with Crippen LogP contribution in [0.1, 0.15) is 19.8 Å². The predicted octanol–water partition coefficient (Wildman–Crippen LogP) is 0.491. The summed E-state index contributed by atoms with van der Waals surface area (Å²) >= 11 is 0. The topological polar surface area (TPSA) is 26.8 Å². The molecule has 1 heterocycles. The number of nitrogens with zero attached hydrogens (tertiary/aromatic N) is 3. The van der Waals surface area contributed by atoms with E-state index in [1.165, 1.54) is 25.9 Å². The van der Waals surface area contributed by atoms with Crippen LogP contribution in [0.3, 0.4) is 0 Å². The van der Waals surface area contributed by atoms with E-state index >= 15 is 0 Å². The van der Waals surface area contributed by atoms with E-state index in [0.717, 1.165) is 13.1 Å². The molecule has 0 unspecified atom stereocenters.